The number of halogens is 1. The normalized spacial score (nSPS) is 16.0. The molecule has 7 heteroatoms. The van der Waals surface area contributed by atoms with Gasteiger partial charge in [0.15, 0.2) is 10.6 Å². The van der Waals surface area contributed by atoms with Crippen molar-refractivity contribution >= 4 is 33.3 Å². The molecule has 2 aromatic carbocycles. The van der Waals surface area contributed by atoms with Crippen LogP contribution in [-0.4, -0.2) is 10.9 Å². The fraction of sp³-hybridized carbons (Fsp3) is 0.0952. The molecule has 1 aliphatic heterocycles. The smallest absolute Gasteiger partial charge is 0.297 e. The first-order valence-electron chi connectivity index (χ1n) is 8.60. The number of carbonyl (C=O) groups excluding carboxylic acids is 1. The number of benzene rings is 2. The Kier molecular flexibility index (Phi) is 3.67. The molecule has 0 spiro atoms. The van der Waals surface area contributed by atoms with Gasteiger partial charge in [0.05, 0.1) is 17.0 Å². The number of thiazole rings is 1. The Bertz CT molecular complexity index is 1280. The van der Waals surface area contributed by atoms with Crippen LogP contribution in [0.3, 0.4) is 0 Å². The van der Waals surface area contributed by atoms with Gasteiger partial charge in [-0.05, 0) is 36.8 Å². The van der Waals surface area contributed by atoms with Crippen LogP contribution in [0, 0.1) is 12.7 Å². The number of aromatic nitrogens is 1. The van der Waals surface area contributed by atoms with Crippen LogP contribution in [0.1, 0.15) is 33.3 Å². The van der Waals surface area contributed by atoms with Gasteiger partial charge in [-0.15, -0.1) is 11.3 Å². The van der Waals surface area contributed by atoms with E-state index in [0.29, 0.717) is 21.7 Å². The van der Waals surface area contributed by atoms with E-state index in [2.05, 4.69) is 4.98 Å². The Morgan fingerprint density at radius 2 is 1.93 bits per heavy atom. The minimum atomic E-state index is -0.726. The van der Waals surface area contributed by atoms with Gasteiger partial charge in [-0.2, -0.15) is 0 Å². The number of carbonyl (C=O) groups is 1. The summed E-state index contributed by atoms with van der Waals surface area (Å²) in [7, 11) is 0. The number of rotatable bonds is 2. The van der Waals surface area contributed by atoms with Crippen molar-refractivity contribution in [2.24, 2.45) is 0 Å². The third kappa shape index (κ3) is 2.40. The Labute approximate surface area is 162 Å². The predicted octanol–water partition coefficient (Wildman–Crippen LogP) is 4.45. The van der Waals surface area contributed by atoms with E-state index in [9.17, 15) is 14.0 Å². The molecule has 0 aliphatic carbocycles. The molecule has 0 saturated heterocycles. The van der Waals surface area contributed by atoms with E-state index in [-0.39, 0.29) is 16.8 Å². The fourth-order valence-corrected chi connectivity index (χ4v) is 4.25. The van der Waals surface area contributed by atoms with Gasteiger partial charge in [0.25, 0.3) is 5.91 Å². The largest absolute Gasteiger partial charge is 0.450 e. The van der Waals surface area contributed by atoms with Crippen molar-refractivity contribution in [3.63, 3.8) is 0 Å². The molecule has 4 aromatic rings. The third-order valence-corrected chi connectivity index (χ3v) is 5.61. The summed E-state index contributed by atoms with van der Waals surface area (Å²) in [5, 5.41) is 2.62. The zero-order valence-electron chi connectivity index (χ0n) is 14.7. The zero-order valence-corrected chi connectivity index (χ0v) is 15.5. The van der Waals surface area contributed by atoms with Crippen LogP contribution in [0.2, 0.25) is 0 Å². The van der Waals surface area contributed by atoms with Gasteiger partial charge in [-0.3, -0.25) is 14.5 Å². The maximum Gasteiger partial charge on any atom is 0.297 e. The lowest BCUT2D eigenvalue weighted by atomic mass is 9.98. The van der Waals surface area contributed by atoms with Crippen LogP contribution in [0.25, 0.3) is 11.0 Å². The number of amides is 1. The minimum absolute atomic E-state index is 0.00544. The van der Waals surface area contributed by atoms with E-state index in [1.54, 1.807) is 35.8 Å². The van der Waals surface area contributed by atoms with Gasteiger partial charge in [0.1, 0.15) is 11.4 Å². The maximum absolute atomic E-state index is 13.5. The highest BCUT2D eigenvalue weighted by Gasteiger charge is 2.44. The lowest BCUT2D eigenvalue weighted by molar-refractivity contribution is 0.0971. The molecule has 1 aliphatic rings. The topological polar surface area (TPSA) is 63.4 Å². The number of aryl methyl sites for hydroxylation is 1. The number of nitrogens with zero attached hydrogens (tertiary/aromatic N) is 2. The second-order valence-electron chi connectivity index (χ2n) is 6.62. The molecule has 5 nitrogen and oxygen atoms in total. The van der Waals surface area contributed by atoms with Gasteiger partial charge in [0, 0.05) is 11.6 Å². The molecule has 3 heterocycles. The SMILES string of the molecule is Cc1ccc2oc3c(c(=O)c2c1)[C@H](c1ccc(F)cc1)N(c1nccs1)C3=O. The molecule has 2 aromatic heterocycles. The van der Waals surface area contributed by atoms with Crippen molar-refractivity contribution in [1.82, 2.24) is 4.98 Å². The summed E-state index contributed by atoms with van der Waals surface area (Å²) < 4.78 is 19.3. The molecule has 0 bridgehead atoms. The van der Waals surface area contributed by atoms with Crippen LogP contribution >= 0.6 is 11.3 Å². The molecule has 0 unspecified atom stereocenters. The average Bonchev–Trinajstić information content (AvgIpc) is 3.30. The minimum Gasteiger partial charge on any atom is -0.450 e. The number of hydrogen-bond acceptors (Lipinski definition) is 5. The molecule has 1 amide bonds. The summed E-state index contributed by atoms with van der Waals surface area (Å²) in [4.78, 5) is 32.2. The first-order valence-corrected chi connectivity index (χ1v) is 9.48. The summed E-state index contributed by atoms with van der Waals surface area (Å²) in [5.41, 5.74) is 1.88. The molecular formula is C21H13FN2O3S. The number of anilines is 1. The Morgan fingerprint density at radius 3 is 2.64 bits per heavy atom. The van der Waals surface area contributed by atoms with E-state index in [4.69, 9.17) is 4.42 Å². The third-order valence-electron chi connectivity index (χ3n) is 4.84. The van der Waals surface area contributed by atoms with Crippen LogP contribution in [0.4, 0.5) is 9.52 Å². The highest BCUT2D eigenvalue weighted by Crippen LogP contribution is 2.41. The standard InChI is InChI=1S/C21H13FN2O3S/c1-11-2-7-15-14(10-11)18(25)16-17(12-3-5-13(22)6-4-12)24(20(26)19(16)27-15)21-23-8-9-28-21/h2-10,17H,1H3/t17-/m0/s1. The number of fused-ring (bicyclic) bond motifs is 2. The highest BCUT2D eigenvalue weighted by molar-refractivity contribution is 7.13. The average molecular weight is 392 g/mol. The lowest BCUT2D eigenvalue weighted by Gasteiger charge is -2.22. The van der Waals surface area contributed by atoms with Crippen LogP contribution in [0.5, 0.6) is 0 Å². The first-order chi connectivity index (χ1) is 13.5. The van der Waals surface area contributed by atoms with Crippen LogP contribution in [0.15, 0.2) is 63.3 Å². The van der Waals surface area contributed by atoms with Crippen molar-refractivity contribution in [2.75, 3.05) is 4.90 Å². The van der Waals surface area contributed by atoms with E-state index in [1.807, 2.05) is 13.0 Å². The van der Waals surface area contributed by atoms with Crippen molar-refractivity contribution in [3.8, 4) is 0 Å². The molecule has 1 atom stereocenters. The highest BCUT2D eigenvalue weighted by atomic mass is 32.1. The Balaban J connectivity index is 1.83. The number of hydrogen-bond donors (Lipinski definition) is 0. The first kappa shape index (κ1) is 16.8. The van der Waals surface area contributed by atoms with Gasteiger partial charge in [-0.1, -0.05) is 23.8 Å². The van der Waals surface area contributed by atoms with Crippen molar-refractivity contribution in [2.45, 2.75) is 13.0 Å². The Hall–Kier alpha value is -3.32. The lowest BCUT2D eigenvalue weighted by Crippen LogP contribution is -2.29. The predicted molar refractivity (Wildman–Crippen MR) is 104 cm³/mol. The second kappa shape index (κ2) is 6.10. The molecule has 0 saturated carbocycles. The molecule has 0 N–H and O–H groups in total. The molecular weight excluding hydrogens is 379 g/mol. The summed E-state index contributed by atoms with van der Waals surface area (Å²) in [6, 6.07) is 10.3. The molecule has 28 heavy (non-hydrogen) atoms. The summed E-state index contributed by atoms with van der Waals surface area (Å²) in [6.45, 7) is 1.89. The van der Waals surface area contributed by atoms with Crippen LogP contribution < -0.4 is 10.3 Å². The summed E-state index contributed by atoms with van der Waals surface area (Å²) in [5.74, 6) is -0.819. The van der Waals surface area contributed by atoms with Gasteiger partial charge in [0.2, 0.25) is 5.76 Å². The molecule has 138 valence electrons. The van der Waals surface area contributed by atoms with Crippen LogP contribution in [-0.2, 0) is 0 Å². The van der Waals surface area contributed by atoms with Gasteiger partial charge in [-0.25, -0.2) is 9.37 Å². The monoisotopic (exact) mass is 392 g/mol. The van der Waals surface area contributed by atoms with E-state index in [1.165, 1.54) is 28.4 Å². The quantitative estimate of drug-likeness (QED) is 0.506. The zero-order chi connectivity index (χ0) is 19.4. The van der Waals surface area contributed by atoms with Crippen molar-refractivity contribution in [1.29, 1.82) is 0 Å². The van der Waals surface area contributed by atoms with E-state index >= 15 is 0 Å². The fourth-order valence-electron chi connectivity index (χ4n) is 3.58. The molecule has 0 radical (unpaired) electrons. The van der Waals surface area contributed by atoms with Crippen molar-refractivity contribution in [3.05, 3.63) is 92.5 Å². The van der Waals surface area contributed by atoms with E-state index in [0.717, 1.165) is 5.56 Å². The van der Waals surface area contributed by atoms with Gasteiger partial charge < -0.3 is 4.42 Å². The summed E-state index contributed by atoms with van der Waals surface area (Å²) in [6.07, 6.45) is 1.59. The van der Waals surface area contributed by atoms with Gasteiger partial charge >= 0.3 is 0 Å². The molecule has 0 fully saturated rings. The Morgan fingerprint density at radius 1 is 1.14 bits per heavy atom. The maximum atomic E-state index is 13.5. The van der Waals surface area contributed by atoms with E-state index < -0.39 is 17.8 Å². The van der Waals surface area contributed by atoms with Crippen molar-refractivity contribution < 1.29 is 13.6 Å². The molecule has 5 rings (SSSR count). The summed E-state index contributed by atoms with van der Waals surface area (Å²) >= 11 is 1.28. The second-order valence-corrected chi connectivity index (χ2v) is 7.49.